The van der Waals surface area contributed by atoms with Crippen LogP contribution in [0.5, 0.6) is 11.5 Å². The van der Waals surface area contributed by atoms with E-state index in [1.807, 2.05) is 12.1 Å². The first-order valence-corrected chi connectivity index (χ1v) is 11.9. The van der Waals surface area contributed by atoms with Crippen LogP contribution in [-0.2, 0) is 0 Å². The second kappa shape index (κ2) is 14.0. The number of ether oxygens (including phenoxy) is 2. The predicted molar refractivity (Wildman–Crippen MR) is 113 cm³/mol. The Labute approximate surface area is 173 Å². The molecule has 0 amide bonds. The van der Waals surface area contributed by atoms with E-state index < -0.39 is 0 Å². The number of benzene rings is 1. The zero-order chi connectivity index (χ0) is 16.9. The fraction of sp³-hybridized carbons (Fsp3) is 0.647. The molecule has 0 atom stereocenters. The average Bonchev–Trinajstić information content (AvgIpc) is 2.54. The van der Waals surface area contributed by atoms with Crippen LogP contribution in [-0.4, -0.2) is 23.9 Å². The third kappa shape index (κ3) is 9.71. The quantitative estimate of drug-likeness (QED) is 0.178. The van der Waals surface area contributed by atoms with Crippen LogP contribution in [0.4, 0.5) is 0 Å². The van der Waals surface area contributed by atoms with Gasteiger partial charge in [-0.15, -0.1) is 0 Å². The number of halogens is 4. The van der Waals surface area contributed by atoms with Gasteiger partial charge in [0.1, 0.15) is 11.5 Å². The Balaban J connectivity index is 2.37. The summed E-state index contributed by atoms with van der Waals surface area (Å²) in [5, 5.41) is 2.15. The molecule has 0 aliphatic carbocycles. The minimum absolute atomic E-state index is 0.742. The van der Waals surface area contributed by atoms with E-state index in [0.29, 0.717) is 0 Å². The topological polar surface area (TPSA) is 18.5 Å². The minimum Gasteiger partial charge on any atom is -0.492 e. The Morgan fingerprint density at radius 1 is 0.609 bits per heavy atom. The Bertz CT molecular complexity index is 441. The summed E-state index contributed by atoms with van der Waals surface area (Å²) in [5.74, 6) is 1.73. The Morgan fingerprint density at radius 3 is 1.43 bits per heavy atom. The Hall–Kier alpha value is 0.740. The van der Waals surface area contributed by atoms with Crippen molar-refractivity contribution in [2.45, 2.75) is 44.9 Å². The van der Waals surface area contributed by atoms with Gasteiger partial charge in [-0.25, -0.2) is 0 Å². The van der Waals surface area contributed by atoms with E-state index in [4.69, 9.17) is 9.47 Å². The lowest BCUT2D eigenvalue weighted by Gasteiger charge is -2.13. The van der Waals surface area contributed by atoms with E-state index in [2.05, 4.69) is 63.7 Å². The highest BCUT2D eigenvalue weighted by molar-refractivity contribution is 9.11. The molecule has 0 fully saturated rings. The lowest BCUT2D eigenvalue weighted by molar-refractivity contribution is 0.294. The number of alkyl halides is 2. The third-order valence-electron chi connectivity index (χ3n) is 3.31. The zero-order valence-electron chi connectivity index (χ0n) is 13.3. The summed E-state index contributed by atoms with van der Waals surface area (Å²) in [5.41, 5.74) is 0. The van der Waals surface area contributed by atoms with Crippen molar-refractivity contribution in [3.8, 4) is 11.5 Å². The molecule has 0 spiro atoms. The molecule has 1 aromatic rings. The molecule has 1 rings (SSSR count). The van der Waals surface area contributed by atoms with Crippen LogP contribution in [0.2, 0.25) is 0 Å². The van der Waals surface area contributed by atoms with Gasteiger partial charge in [0.05, 0.1) is 22.2 Å². The van der Waals surface area contributed by atoms with E-state index in [9.17, 15) is 0 Å². The van der Waals surface area contributed by atoms with Gasteiger partial charge in [-0.2, -0.15) is 0 Å². The molecule has 0 aliphatic heterocycles. The normalized spacial score (nSPS) is 10.8. The number of rotatable bonds is 13. The highest BCUT2D eigenvalue weighted by Crippen LogP contribution is 2.36. The first kappa shape index (κ1) is 21.8. The predicted octanol–water partition coefficient (Wildman–Crippen LogP) is 7.49. The molecule has 0 saturated heterocycles. The van der Waals surface area contributed by atoms with Gasteiger partial charge in [0, 0.05) is 10.7 Å². The first-order valence-electron chi connectivity index (χ1n) is 8.05. The standard InChI is InChI=1S/C17H24Br4O2/c18-8-4-1-2-6-10-22-16-12-15(21)17(13-14(16)20)23-11-7-3-5-9-19/h12-13H,1-11H2. The molecule has 0 unspecified atom stereocenters. The second-order valence-corrected chi connectivity index (χ2v) is 8.56. The molecule has 0 radical (unpaired) electrons. The SMILES string of the molecule is BrCCCCCCOc1cc(Br)c(OCCCCCBr)cc1Br. The smallest absolute Gasteiger partial charge is 0.134 e. The van der Waals surface area contributed by atoms with Crippen molar-refractivity contribution in [3.63, 3.8) is 0 Å². The van der Waals surface area contributed by atoms with Gasteiger partial charge in [-0.05, 0) is 76.1 Å². The van der Waals surface area contributed by atoms with Crippen LogP contribution in [0.25, 0.3) is 0 Å². The Kier molecular flexibility index (Phi) is 13.2. The van der Waals surface area contributed by atoms with Crippen LogP contribution in [0.15, 0.2) is 21.1 Å². The maximum atomic E-state index is 5.86. The van der Waals surface area contributed by atoms with Gasteiger partial charge >= 0.3 is 0 Å². The first-order chi connectivity index (χ1) is 11.2. The largest absolute Gasteiger partial charge is 0.492 e. The van der Waals surface area contributed by atoms with Crippen LogP contribution in [0, 0.1) is 0 Å². The third-order valence-corrected chi connectivity index (χ3v) is 5.67. The van der Waals surface area contributed by atoms with Crippen molar-refractivity contribution in [3.05, 3.63) is 21.1 Å². The van der Waals surface area contributed by atoms with E-state index in [0.717, 1.165) is 57.2 Å². The highest BCUT2D eigenvalue weighted by Gasteiger charge is 2.09. The number of hydrogen-bond donors (Lipinski definition) is 0. The van der Waals surface area contributed by atoms with E-state index in [1.165, 1.54) is 32.1 Å². The van der Waals surface area contributed by atoms with Gasteiger partial charge in [0.25, 0.3) is 0 Å². The molecule has 1 aromatic carbocycles. The molecule has 0 N–H and O–H groups in total. The maximum Gasteiger partial charge on any atom is 0.134 e. The molecular formula is C17H24Br4O2. The minimum atomic E-state index is 0.742. The summed E-state index contributed by atoms with van der Waals surface area (Å²) in [7, 11) is 0. The lowest BCUT2D eigenvalue weighted by Crippen LogP contribution is -2.01. The lowest BCUT2D eigenvalue weighted by atomic mass is 10.2. The summed E-state index contributed by atoms with van der Waals surface area (Å²) >= 11 is 14.0. The molecule has 23 heavy (non-hydrogen) atoms. The molecule has 0 saturated carbocycles. The van der Waals surface area contributed by atoms with E-state index >= 15 is 0 Å². The summed E-state index contributed by atoms with van der Waals surface area (Å²) in [6.45, 7) is 1.49. The average molecular weight is 580 g/mol. The van der Waals surface area contributed by atoms with Crippen LogP contribution < -0.4 is 9.47 Å². The van der Waals surface area contributed by atoms with Gasteiger partial charge in [-0.1, -0.05) is 44.7 Å². The van der Waals surface area contributed by atoms with E-state index in [1.54, 1.807) is 0 Å². The van der Waals surface area contributed by atoms with Crippen molar-refractivity contribution < 1.29 is 9.47 Å². The van der Waals surface area contributed by atoms with Crippen molar-refractivity contribution in [2.75, 3.05) is 23.9 Å². The van der Waals surface area contributed by atoms with Gasteiger partial charge in [0.15, 0.2) is 0 Å². The molecule has 2 nitrogen and oxygen atoms in total. The van der Waals surface area contributed by atoms with Crippen molar-refractivity contribution in [2.24, 2.45) is 0 Å². The van der Waals surface area contributed by atoms with Crippen LogP contribution >= 0.6 is 63.7 Å². The molecule has 6 heteroatoms. The van der Waals surface area contributed by atoms with E-state index in [-0.39, 0.29) is 0 Å². The monoisotopic (exact) mass is 576 g/mol. The highest BCUT2D eigenvalue weighted by atomic mass is 79.9. The molecule has 0 bridgehead atoms. The summed E-state index contributed by atoms with van der Waals surface area (Å²) in [6.07, 6.45) is 8.22. The van der Waals surface area contributed by atoms with Crippen LogP contribution in [0.3, 0.4) is 0 Å². The van der Waals surface area contributed by atoms with Crippen molar-refractivity contribution in [1.29, 1.82) is 0 Å². The summed E-state index contributed by atoms with van der Waals surface area (Å²) in [6, 6.07) is 3.96. The molecular weight excluding hydrogens is 556 g/mol. The van der Waals surface area contributed by atoms with Gasteiger partial charge < -0.3 is 9.47 Å². The molecule has 0 heterocycles. The molecule has 0 aliphatic rings. The maximum absolute atomic E-state index is 5.86. The fourth-order valence-corrected chi connectivity index (χ4v) is 3.69. The van der Waals surface area contributed by atoms with Gasteiger partial charge in [-0.3, -0.25) is 0 Å². The Morgan fingerprint density at radius 2 is 1.00 bits per heavy atom. The second-order valence-electron chi connectivity index (χ2n) is 5.26. The summed E-state index contributed by atoms with van der Waals surface area (Å²) < 4.78 is 13.6. The van der Waals surface area contributed by atoms with Crippen molar-refractivity contribution >= 4 is 63.7 Å². The molecule has 0 aromatic heterocycles. The van der Waals surface area contributed by atoms with Crippen molar-refractivity contribution in [1.82, 2.24) is 0 Å². The summed E-state index contributed by atoms with van der Waals surface area (Å²) in [4.78, 5) is 0. The zero-order valence-corrected chi connectivity index (χ0v) is 19.6. The van der Waals surface area contributed by atoms with Crippen LogP contribution in [0.1, 0.15) is 44.9 Å². The van der Waals surface area contributed by atoms with Gasteiger partial charge in [0.2, 0.25) is 0 Å². The molecule has 132 valence electrons. The number of unbranched alkanes of at least 4 members (excludes halogenated alkanes) is 5. The number of hydrogen-bond acceptors (Lipinski definition) is 2. The fourth-order valence-electron chi connectivity index (χ4n) is 2.02.